The third kappa shape index (κ3) is 3.18. The summed E-state index contributed by atoms with van der Waals surface area (Å²) in [7, 11) is 3.98. The molecule has 1 atom stereocenters. The van der Waals surface area contributed by atoms with Crippen molar-refractivity contribution in [1.82, 2.24) is 15.3 Å². The Balaban J connectivity index is 1.81. The van der Waals surface area contributed by atoms with Gasteiger partial charge in [0.05, 0.1) is 11.7 Å². The normalized spacial score (nSPS) is 12.1. The summed E-state index contributed by atoms with van der Waals surface area (Å²) < 4.78 is 0. The van der Waals surface area contributed by atoms with Crippen LogP contribution in [0.3, 0.4) is 0 Å². The number of pyridine rings is 1. The van der Waals surface area contributed by atoms with Gasteiger partial charge >= 0.3 is 0 Å². The number of carbonyl (C=O) groups is 1. The van der Waals surface area contributed by atoms with Crippen LogP contribution in [0.5, 0.6) is 0 Å². The number of hydrogen-bond donors (Lipinski definition) is 2. The van der Waals surface area contributed by atoms with Crippen LogP contribution in [0.15, 0.2) is 48.7 Å². The minimum absolute atomic E-state index is 0.134. The van der Waals surface area contributed by atoms with Crippen LogP contribution in [0.25, 0.3) is 10.9 Å². The molecule has 0 saturated heterocycles. The van der Waals surface area contributed by atoms with Crippen molar-refractivity contribution in [2.75, 3.05) is 19.0 Å². The molecule has 5 heteroatoms. The Hall–Kier alpha value is -2.82. The average molecular weight is 308 g/mol. The third-order valence-corrected chi connectivity index (χ3v) is 3.85. The van der Waals surface area contributed by atoms with E-state index in [4.69, 9.17) is 0 Å². The van der Waals surface area contributed by atoms with Crippen LogP contribution in [-0.4, -0.2) is 30.0 Å². The summed E-state index contributed by atoms with van der Waals surface area (Å²) in [6, 6.07) is 13.5. The summed E-state index contributed by atoms with van der Waals surface area (Å²) in [5.74, 6) is -0.134. The fraction of sp³-hybridized carbons (Fsp3) is 0.222. The van der Waals surface area contributed by atoms with Crippen LogP contribution in [0.4, 0.5) is 5.69 Å². The van der Waals surface area contributed by atoms with Crippen molar-refractivity contribution in [3.8, 4) is 0 Å². The van der Waals surface area contributed by atoms with E-state index in [2.05, 4.69) is 15.3 Å². The Morgan fingerprint density at radius 1 is 1.22 bits per heavy atom. The van der Waals surface area contributed by atoms with Crippen LogP contribution in [0, 0.1) is 0 Å². The molecular formula is C18H20N4O. The molecule has 1 unspecified atom stereocenters. The highest BCUT2D eigenvalue weighted by atomic mass is 16.1. The minimum Gasteiger partial charge on any atom is -0.378 e. The van der Waals surface area contributed by atoms with Crippen molar-refractivity contribution >= 4 is 22.5 Å². The molecule has 2 aromatic heterocycles. The number of benzene rings is 1. The zero-order valence-corrected chi connectivity index (χ0v) is 13.5. The van der Waals surface area contributed by atoms with Gasteiger partial charge in [-0.3, -0.25) is 9.78 Å². The first-order valence-electron chi connectivity index (χ1n) is 7.56. The van der Waals surface area contributed by atoms with Crippen molar-refractivity contribution in [3.63, 3.8) is 0 Å². The SMILES string of the molecule is CC(NC(=O)c1cc2ccc(N(C)C)cc2[nH]1)c1ccccn1. The second-order valence-electron chi connectivity index (χ2n) is 5.80. The Morgan fingerprint density at radius 3 is 2.74 bits per heavy atom. The van der Waals surface area contributed by atoms with Gasteiger partial charge < -0.3 is 15.2 Å². The van der Waals surface area contributed by atoms with Crippen molar-refractivity contribution in [1.29, 1.82) is 0 Å². The molecule has 0 spiro atoms. The average Bonchev–Trinajstić information content (AvgIpc) is 2.98. The van der Waals surface area contributed by atoms with Gasteiger partial charge in [-0.25, -0.2) is 0 Å². The fourth-order valence-corrected chi connectivity index (χ4v) is 2.50. The number of fused-ring (bicyclic) bond motifs is 1. The molecule has 0 radical (unpaired) electrons. The second kappa shape index (κ2) is 6.12. The molecule has 0 aliphatic carbocycles. The van der Waals surface area contributed by atoms with Gasteiger partial charge in [-0.05, 0) is 37.3 Å². The van der Waals surface area contributed by atoms with E-state index in [9.17, 15) is 4.79 Å². The highest BCUT2D eigenvalue weighted by Crippen LogP contribution is 2.22. The number of hydrogen-bond acceptors (Lipinski definition) is 3. The Bertz CT molecular complexity index is 823. The molecule has 0 saturated carbocycles. The maximum absolute atomic E-state index is 12.4. The molecule has 0 bridgehead atoms. The quantitative estimate of drug-likeness (QED) is 0.778. The lowest BCUT2D eigenvalue weighted by atomic mass is 10.2. The van der Waals surface area contributed by atoms with Crippen LogP contribution in [0.1, 0.15) is 29.1 Å². The van der Waals surface area contributed by atoms with E-state index in [1.807, 2.05) is 68.4 Å². The number of nitrogens with one attached hydrogen (secondary N) is 2. The first kappa shape index (κ1) is 15.1. The van der Waals surface area contributed by atoms with E-state index >= 15 is 0 Å². The van der Waals surface area contributed by atoms with Crippen LogP contribution >= 0.6 is 0 Å². The molecule has 3 aromatic rings. The molecule has 1 amide bonds. The Labute approximate surface area is 135 Å². The summed E-state index contributed by atoms with van der Waals surface area (Å²) in [5.41, 5.74) is 3.44. The largest absolute Gasteiger partial charge is 0.378 e. The van der Waals surface area contributed by atoms with E-state index in [-0.39, 0.29) is 11.9 Å². The molecule has 2 N–H and O–H groups in total. The van der Waals surface area contributed by atoms with Gasteiger partial charge in [-0.2, -0.15) is 0 Å². The second-order valence-corrected chi connectivity index (χ2v) is 5.80. The molecule has 0 aliphatic heterocycles. The molecule has 118 valence electrons. The lowest BCUT2D eigenvalue weighted by Crippen LogP contribution is -2.27. The minimum atomic E-state index is -0.146. The number of H-pyrrole nitrogens is 1. The van der Waals surface area contributed by atoms with Gasteiger partial charge in [-0.15, -0.1) is 0 Å². The Morgan fingerprint density at radius 2 is 2.04 bits per heavy atom. The number of aromatic amines is 1. The van der Waals surface area contributed by atoms with Crippen molar-refractivity contribution in [2.45, 2.75) is 13.0 Å². The van der Waals surface area contributed by atoms with E-state index in [0.29, 0.717) is 5.69 Å². The number of anilines is 1. The zero-order chi connectivity index (χ0) is 16.4. The summed E-state index contributed by atoms with van der Waals surface area (Å²) in [4.78, 5) is 21.9. The Kier molecular flexibility index (Phi) is 4.02. The molecule has 0 fully saturated rings. The highest BCUT2D eigenvalue weighted by Gasteiger charge is 2.14. The van der Waals surface area contributed by atoms with Gasteiger partial charge in [-0.1, -0.05) is 12.1 Å². The van der Waals surface area contributed by atoms with Crippen molar-refractivity contribution in [3.05, 3.63) is 60.0 Å². The van der Waals surface area contributed by atoms with Gasteiger partial charge in [0.15, 0.2) is 0 Å². The van der Waals surface area contributed by atoms with Crippen LogP contribution < -0.4 is 10.2 Å². The lowest BCUT2D eigenvalue weighted by molar-refractivity contribution is 0.0935. The van der Waals surface area contributed by atoms with Crippen molar-refractivity contribution < 1.29 is 4.79 Å². The van der Waals surface area contributed by atoms with Gasteiger partial charge in [0, 0.05) is 36.9 Å². The summed E-state index contributed by atoms with van der Waals surface area (Å²) in [6.45, 7) is 1.92. The highest BCUT2D eigenvalue weighted by molar-refractivity contribution is 5.98. The number of nitrogens with zero attached hydrogens (tertiary/aromatic N) is 2. The van der Waals surface area contributed by atoms with E-state index < -0.39 is 0 Å². The molecule has 5 nitrogen and oxygen atoms in total. The fourth-order valence-electron chi connectivity index (χ4n) is 2.50. The van der Waals surface area contributed by atoms with Gasteiger partial charge in [0.1, 0.15) is 5.69 Å². The monoisotopic (exact) mass is 308 g/mol. The van der Waals surface area contributed by atoms with E-state index in [1.165, 1.54) is 0 Å². The van der Waals surface area contributed by atoms with Crippen molar-refractivity contribution in [2.24, 2.45) is 0 Å². The molecule has 1 aromatic carbocycles. The smallest absolute Gasteiger partial charge is 0.268 e. The van der Waals surface area contributed by atoms with E-state index in [1.54, 1.807) is 6.20 Å². The first-order chi connectivity index (χ1) is 11.0. The standard InChI is InChI=1S/C18H20N4O/c1-12(15-6-4-5-9-19-15)20-18(23)17-10-13-7-8-14(22(2)3)11-16(13)21-17/h4-12,21H,1-3H3,(H,20,23). The maximum atomic E-state index is 12.4. The topological polar surface area (TPSA) is 61.0 Å². The predicted octanol–water partition coefficient (Wildman–Crippen LogP) is 3.12. The zero-order valence-electron chi connectivity index (χ0n) is 13.5. The first-order valence-corrected chi connectivity index (χ1v) is 7.56. The summed E-state index contributed by atoms with van der Waals surface area (Å²) in [6.07, 6.45) is 1.73. The lowest BCUT2D eigenvalue weighted by Gasteiger charge is -2.12. The molecule has 0 aliphatic rings. The number of carbonyl (C=O) groups excluding carboxylic acids is 1. The van der Waals surface area contributed by atoms with Gasteiger partial charge in [0.25, 0.3) is 5.91 Å². The van der Waals surface area contributed by atoms with Crippen LogP contribution in [0.2, 0.25) is 0 Å². The molecule has 2 heterocycles. The molecule has 3 rings (SSSR count). The summed E-state index contributed by atoms with van der Waals surface area (Å²) >= 11 is 0. The number of rotatable bonds is 4. The summed E-state index contributed by atoms with van der Waals surface area (Å²) in [5, 5.41) is 3.99. The maximum Gasteiger partial charge on any atom is 0.268 e. The van der Waals surface area contributed by atoms with Gasteiger partial charge in [0.2, 0.25) is 0 Å². The van der Waals surface area contributed by atoms with Crippen LogP contribution in [-0.2, 0) is 0 Å². The number of amides is 1. The molecular weight excluding hydrogens is 288 g/mol. The number of aromatic nitrogens is 2. The third-order valence-electron chi connectivity index (χ3n) is 3.85. The molecule has 23 heavy (non-hydrogen) atoms. The van der Waals surface area contributed by atoms with E-state index in [0.717, 1.165) is 22.3 Å². The predicted molar refractivity (Wildman–Crippen MR) is 92.7 cm³/mol.